The van der Waals surface area contributed by atoms with Gasteiger partial charge in [-0.25, -0.2) is 4.98 Å². The molecule has 3 heterocycles. The van der Waals surface area contributed by atoms with Gasteiger partial charge in [-0.1, -0.05) is 37.3 Å². The SMILES string of the molecule is CCc1ccccc1C(C(=O)O)N1CC(OCCCCc2ccc3c(n2)NCCC3)C1. The molecule has 6 heteroatoms. The van der Waals surface area contributed by atoms with Gasteiger partial charge in [0.25, 0.3) is 0 Å². The van der Waals surface area contributed by atoms with Crippen LogP contribution in [0.1, 0.15) is 54.6 Å². The van der Waals surface area contributed by atoms with E-state index in [0.717, 1.165) is 61.3 Å². The van der Waals surface area contributed by atoms with Crippen LogP contribution in [-0.4, -0.2) is 53.3 Å². The van der Waals surface area contributed by atoms with Crippen molar-refractivity contribution in [2.75, 3.05) is 31.6 Å². The topological polar surface area (TPSA) is 74.7 Å². The number of carboxylic acids is 1. The zero-order chi connectivity index (χ0) is 21.6. The second-order valence-electron chi connectivity index (χ2n) is 8.54. The Balaban J connectivity index is 1.18. The van der Waals surface area contributed by atoms with Crippen LogP contribution in [0.5, 0.6) is 0 Å². The van der Waals surface area contributed by atoms with Crippen LogP contribution in [0.15, 0.2) is 36.4 Å². The number of hydrogen-bond donors (Lipinski definition) is 2. The Hall–Kier alpha value is -2.44. The summed E-state index contributed by atoms with van der Waals surface area (Å²) in [5, 5.41) is 13.2. The molecule has 0 bridgehead atoms. The van der Waals surface area contributed by atoms with Crippen molar-refractivity contribution in [1.29, 1.82) is 0 Å². The predicted molar refractivity (Wildman–Crippen MR) is 121 cm³/mol. The molecule has 1 saturated heterocycles. The van der Waals surface area contributed by atoms with Gasteiger partial charge in [-0.2, -0.15) is 0 Å². The minimum absolute atomic E-state index is 0.127. The zero-order valence-electron chi connectivity index (χ0n) is 18.3. The summed E-state index contributed by atoms with van der Waals surface area (Å²) < 4.78 is 5.99. The highest BCUT2D eigenvalue weighted by Crippen LogP contribution is 2.30. The molecule has 31 heavy (non-hydrogen) atoms. The Kier molecular flexibility index (Phi) is 7.20. The van der Waals surface area contributed by atoms with Crippen LogP contribution in [0, 0.1) is 0 Å². The minimum atomic E-state index is -0.786. The van der Waals surface area contributed by atoms with Crippen molar-refractivity contribution < 1.29 is 14.6 Å². The molecule has 2 aliphatic rings. The molecule has 2 aliphatic heterocycles. The number of nitrogens with zero attached hydrogens (tertiary/aromatic N) is 2. The number of ether oxygens (including phenoxy) is 1. The lowest BCUT2D eigenvalue weighted by Gasteiger charge is -2.42. The molecule has 1 fully saturated rings. The highest BCUT2D eigenvalue weighted by Gasteiger charge is 2.38. The van der Waals surface area contributed by atoms with Crippen LogP contribution < -0.4 is 5.32 Å². The molecule has 1 aromatic carbocycles. The summed E-state index contributed by atoms with van der Waals surface area (Å²) in [7, 11) is 0. The number of aromatic nitrogens is 1. The number of hydrogen-bond acceptors (Lipinski definition) is 5. The third kappa shape index (κ3) is 5.25. The molecule has 0 saturated carbocycles. The van der Waals surface area contributed by atoms with E-state index in [4.69, 9.17) is 9.72 Å². The summed E-state index contributed by atoms with van der Waals surface area (Å²) in [6, 6.07) is 11.6. The summed E-state index contributed by atoms with van der Waals surface area (Å²) >= 11 is 0. The first-order valence-corrected chi connectivity index (χ1v) is 11.5. The van der Waals surface area contributed by atoms with E-state index in [0.29, 0.717) is 19.7 Å². The molecule has 2 N–H and O–H groups in total. The van der Waals surface area contributed by atoms with E-state index in [9.17, 15) is 9.90 Å². The molecular weight excluding hydrogens is 390 g/mol. The number of carbonyl (C=O) groups is 1. The van der Waals surface area contributed by atoms with E-state index in [1.165, 1.54) is 12.0 Å². The van der Waals surface area contributed by atoms with Crippen LogP contribution in [0.4, 0.5) is 5.82 Å². The minimum Gasteiger partial charge on any atom is -0.480 e. The maximum atomic E-state index is 11.9. The zero-order valence-corrected chi connectivity index (χ0v) is 18.3. The van der Waals surface area contributed by atoms with Gasteiger partial charge in [0.2, 0.25) is 0 Å². The van der Waals surface area contributed by atoms with E-state index in [1.807, 2.05) is 29.2 Å². The largest absolute Gasteiger partial charge is 0.480 e. The van der Waals surface area contributed by atoms with Gasteiger partial charge < -0.3 is 15.2 Å². The van der Waals surface area contributed by atoms with Crippen molar-refractivity contribution in [1.82, 2.24) is 9.88 Å². The second-order valence-corrected chi connectivity index (χ2v) is 8.54. The molecule has 166 valence electrons. The lowest BCUT2D eigenvalue weighted by atomic mass is 9.95. The molecule has 0 spiro atoms. The number of likely N-dealkylation sites (tertiary alicyclic amines) is 1. The summed E-state index contributed by atoms with van der Waals surface area (Å²) in [4.78, 5) is 18.7. The molecule has 0 aliphatic carbocycles. The van der Waals surface area contributed by atoms with Crippen molar-refractivity contribution >= 4 is 11.8 Å². The molecular formula is C25H33N3O3. The van der Waals surface area contributed by atoms with Crippen molar-refractivity contribution in [3.63, 3.8) is 0 Å². The van der Waals surface area contributed by atoms with Gasteiger partial charge in [-0.3, -0.25) is 9.69 Å². The summed E-state index contributed by atoms with van der Waals surface area (Å²) in [5.74, 6) is 0.276. The summed E-state index contributed by atoms with van der Waals surface area (Å²) in [6.07, 6.45) is 6.26. The van der Waals surface area contributed by atoms with Crippen molar-refractivity contribution in [2.24, 2.45) is 0 Å². The number of carboxylic acid groups (broad SMARTS) is 1. The highest BCUT2D eigenvalue weighted by molar-refractivity contribution is 5.76. The Morgan fingerprint density at radius 3 is 2.90 bits per heavy atom. The first-order valence-electron chi connectivity index (χ1n) is 11.5. The Bertz CT molecular complexity index is 895. The number of nitrogens with one attached hydrogen (secondary N) is 1. The predicted octanol–water partition coefficient (Wildman–Crippen LogP) is 3.85. The van der Waals surface area contributed by atoms with Crippen LogP contribution in [0.3, 0.4) is 0 Å². The molecule has 4 rings (SSSR count). The number of pyridine rings is 1. The Morgan fingerprint density at radius 1 is 1.26 bits per heavy atom. The van der Waals surface area contributed by atoms with E-state index in [1.54, 1.807) is 0 Å². The standard InChI is InChI=1S/C25H33N3O3/c1-2-18-8-3-4-11-22(18)23(25(29)30)28-16-21(17-28)31-15-6-5-10-20-13-12-19-9-7-14-26-24(19)27-20/h3-4,8,11-13,21,23H,2,5-7,9-10,14-17H2,1H3,(H,26,27)(H,29,30). The fourth-order valence-corrected chi connectivity index (χ4v) is 4.56. The molecule has 6 nitrogen and oxygen atoms in total. The highest BCUT2D eigenvalue weighted by atomic mass is 16.5. The van der Waals surface area contributed by atoms with Gasteiger partial charge in [0, 0.05) is 31.9 Å². The number of anilines is 1. The van der Waals surface area contributed by atoms with E-state index < -0.39 is 12.0 Å². The van der Waals surface area contributed by atoms with Crippen LogP contribution in [-0.2, 0) is 28.8 Å². The number of aliphatic carboxylic acids is 1. The monoisotopic (exact) mass is 423 g/mol. The molecule has 1 aromatic heterocycles. The molecule has 1 unspecified atom stereocenters. The molecule has 0 radical (unpaired) electrons. The average molecular weight is 424 g/mol. The smallest absolute Gasteiger partial charge is 0.325 e. The molecule has 2 aromatic rings. The maximum absolute atomic E-state index is 11.9. The number of aryl methyl sites for hydroxylation is 3. The Morgan fingerprint density at radius 2 is 2.10 bits per heavy atom. The second kappa shape index (κ2) is 10.2. The normalized spacial score (nSPS) is 17.5. The fourth-order valence-electron chi connectivity index (χ4n) is 4.56. The van der Waals surface area contributed by atoms with Gasteiger partial charge in [0.1, 0.15) is 11.9 Å². The molecule has 0 amide bonds. The van der Waals surface area contributed by atoms with Gasteiger partial charge in [-0.05, 0) is 61.3 Å². The summed E-state index contributed by atoms with van der Waals surface area (Å²) in [5.41, 5.74) is 4.48. The number of unbranched alkanes of at least 4 members (excludes halogenated alkanes) is 1. The van der Waals surface area contributed by atoms with Gasteiger partial charge in [0.05, 0.1) is 6.10 Å². The average Bonchev–Trinajstić information content (AvgIpc) is 2.76. The number of benzene rings is 1. The van der Waals surface area contributed by atoms with Crippen molar-refractivity contribution in [3.8, 4) is 0 Å². The first kappa shape index (κ1) is 21.8. The third-order valence-electron chi connectivity index (χ3n) is 6.34. The summed E-state index contributed by atoms with van der Waals surface area (Å²) in [6.45, 7) is 5.14. The third-order valence-corrected chi connectivity index (χ3v) is 6.34. The van der Waals surface area contributed by atoms with Gasteiger partial charge in [-0.15, -0.1) is 0 Å². The number of fused-ring (bicyclic) bond motifs is 1. The van der Waals surface area contributed by atoms with Crippen LogP contribution in [0.25, 0.3) is 0 Å². The van der Waals surface area contributed by atoms with E-state index in [2.05, 4.69) is 24.4 Å². The van der Waals surface area contributed by atoms with Gasteiger partial charge >= 0.3 is 5.97 Å². The van der Waals surface area contributed by atoms with Crippen molar-refractivity contribution in [2.45, 2.75) is 57.6 Å². The lowest BCUT2D eigenvalue weighted by molar-refractivity contribution is -0.151. The van der Waals surface area contributed by atoms with Crippen LogP contribution >= 0.6 is 0 Å². The van der Waals surface area contributed by atoms with Gasteiger partial charge in [0.15, 0.2) is 0 Å². The Labute approximate surface area is 184 Å². The quantitative estimate of drug-likeness (QED) is 0.566. The van der Waals surface area contributed by atoms with E-state index >= 15 is 0 Å². The lowest BCUT2D eigenvalue weighted by Crippen LogP contribution is -2.55. The van der Waals surface area contributed by atoms with Crippen LogP contribution in [0.2, 0.25) is 0 Å². The first-order chi connectivity index (χ1) is 15.2. The fraction of sp³-hybridized carbons (Fsp3) is 0.520. The maximum Gasteiger partial charge on any atom is 0.325 e. The van der Waals surface area contributed by atoms with Crippen molar-refractivity contribution in [3.05, 3.63) is 58.8 Å². The number of rotatable bonds is 10. The van der Waals surface area contributed by atoms with E-state index in [-0.39, 0.29) is 6.10 Å². The molecule has 1 atom stereocenters.